The zero-order valence-electron chi connectivity index (χ0n) is 18.0. The van der Waals surface area contributed by atoms with Crippen molar-refractivity contribution >= 4 is 35.8 Å². The van der Waals surface area contributed by atoms with Gasteiger partial charge < -0.3 is 20.4 Å². The van der Waals surface area contributed by atoms with E-state index in [0.29, 0.717) is 25.2 Å². The summed E-state index contributed by atoms with van der Waals surface area (Å²) in [6.45, 7) is 6.64. The fraction of sp³-hybridized carbons (Fsp3) is 0.500. The van der Waals surface area contributed by atoms with Gasteiger partial charge in [-0.25, -0.2) is 0 Å². The van der Waals surface area contributed by atoms with Crippen molar-refractivity contribution in [2.75, 3.05) is 39.3 Å². The molecule has 3 heterocycles. The van der Waals surface area contributed by atoms with Gasteiger partial charge >= 0.3 is 0 Å². The molecular weight excluding hydrogens is 507 g/mol. The number of furan rings is 1. The normalized spacial score (nSPS) is 15.6. The summed E-state index contributed by atoms with van der Waals surface area (Å²) in [5, 5.41) is 9.45. The Morgan fingerprint density at radius 2 is 1.97 bits per heavy atom. The minimum absolute atomic E-state index is 0. The Hall–Kier alpha value is -2.14. The second-order valence-electron chi connectivity index (χ2n) is 7.27. The summed E-state index contributed by atoms with van der Waals surface area (Å²) in [6, 6.07) is 7.60. The summed E-state index contributed by atoms with van der Waals surface area (Å²) in [7, 11) is 0. The van der Waals surface area contributed by atoms with E-state index in [-0.39, 0.29) is 35.9 Å². The lowest BCUT2D eigenvalue weighted by Gasteiger charge is -2.32. The Kier molecular flexibility index (Phi) is 11.4. The highest BCUT2D eigenvalue weighted by Gasteiger charge is 2.24. The van der Waals surface area contributed by atoms with E-state index >= 15 is 0 Å². The largest absolute Gasteiger partial charge is 0.468 e. The topological polar surface area (TPSA) is 94.8 Å². The molecule has 31 heavy (non-hydrogen) atoms. The van der Waals surface area contributed by atoms with Crippen molar-refractivity contribution in [2.45, 2.75) is 32.2 Å². The Balaban J connectivity index is 0.00000341. The number of hydrogen-bond donors (Lipinski definition) is 3. The molecule has 8 nitrogen and oxygen atoms in total. The highest BCUT2D eigenvalue weighted by atomic mass is 127. The number of halogens is 1. The van der Waals surface area contributed by atoms with Crippen LogP contribution in [-0.2, 0) is 0 Å². The molecule has 0 spiro atoms. The lowest BCUT2D eigenvalue weighted by atomic mass is 10.1. The van der Waals surface area contributed by atoms with Crippen LogP contribution in [0.3, 0.4) is 0 Å². The van der Waals surface area contributed by atoms with Crippen LogP contribution in [0.25, 0.3) is 0 Å². The first-order valence-electron chi connectivity index (χ1n) is 10.8. The monoisotopic (exact) mass is 540 g/mol. The molecule has 0 saturated carbocycles. The van der Waals surface area contributed by atoms with E-state index in [1.165, 1.54) is 19.3 Å². The van der Waals surface area contributed by atoms with Crippen molar-refractivity contribution in [3.63, 3.8) is 0 Å². The van der Waals surface area contributed by atoms with Gasteiger partial charge in [0.2, 0.25) is 0 Å². The molecule has 1 saturated heterocycles. The number of aliphatic imine (C=N–C) groups is 1. The molecule has 2 aromatic heterocycles. The third kappa shape index (κ3) is 8.13. The zero-order chi connectivity index (χ0) is 21.0. The number of hydrogen-bond acceptors (Lipinski definition) is 5. The van der Waals surface area contributed by atoms with Crippen LogP contribution >= 0.6 is 24.0 Å². The molecule has 1 fully saturated rings. The highest BCUT2D eigenvalue weighted by molar-refractivity contribution is 14.0. The standard InChI is InChI=1S/C22H32N6O2.HI/c1-2-24-22(26-12-11-25-21(29)18-8-6-10-23-16-18)27-17-19(20-9-7-15-30-20)28-13-4-3-5-14-28;/h6-10,15-16,19H,2-5,11-14,17H2,1H3,(H,25,29)(H2,24,26,27);1H. The molecule has 3 N–H and O–H groups in total. The summed E-state index contributed by atoms with van der Waals surface area (Å²) in [5.41, 5.74) is 0.556. The van der Waals surface area contributed by atoms with Crippen LogP contribution in [0.5, 0.6) is 0 Å². The Morgan fingerprint density at radius 1 is 1.16 bits per heavy atom. The summed E-state index contributed by atoms with van der Waals surface area (Å²) in [4.78, 5) is 23.3. The summed E-state index contributed by atoms with van der Waals surface area (Å²) >= 11 is 0. The van der Waals surface area contributed by atoms with E-state index in [4.69, 9.17) is 9.41 Å². The minimum atomic E-state index is -0.130. The number of carbonyl (C=O) groups is 1. The van der Waals surface area contributed by atoms with Gasteiger partial charge in [-0.3, -0.25) is 19.7 Å². The van der Waals surface area contributed by atoms with Crippen LogP contribution in [0.4, 0.5) is 0 Å². The number of rotatable bonds is 9. The van der Waals surface area contributed by atoms with E-state index in [0.717, 1.165) is 31.4 Å². The van der Waals surface area contributed by atoms with Crippen LogP contribution in [-0.4, -0.2) is 61.0 Å². The number of nitrogens with zero attached hydrogens (tertiary/aromatic N) is 3. The molecule has 0 aliphatic carbocycles. The molecule has 1 amide bonds. The predicted octanol–water partition coefficient (Wildman–Crippen LogP) is 2.80. The van der Waals surface area contributed by atoms with Crippen LogP contribution in [0.2, 0.25) is 0 Å². The quantitative estimate of drug-likeness (QED) is 0.196. The molecule has 1 aliphatic rings. The van der Waals surface area contributed by atoms with Crippen molar-refractivity contribution in [1.29, 1.82) is 0 Å². The molecule has 0 radical (unpaired) electrons. The van der Waals surface area contributed by atoms with Crippen LogP contribution in [0.15, 0.2) is 52.3 Å². The van der Waals surface area contributed by atoms with Crippen LogP contribution in [0, 0.1) is 0 Å². The van der Waals surface area contributed by atoms with Gasteiger partial charge in [0.05, 0.1) is 24.4 Å². The van der Waals surface area contributed by atoms with Gasteiger partial charge in [-0.2, -0.15) is 0 Å². The first-order valence-corrected chi connectivity index (χ1v) is 10.8. The molecular formula is C22H33IN6O2. The van der Waals surface area contributed by atoms with Crippen molar-refractivity contribution in [3.8, 4) is 0 Å². The number of amides is 1. The number of aromatic nitrogens is 1. The van der Waals surface area contributed by atoms with Gasteiger partial charge in [0, 0.05) is 32.0 Å². The second kappa shape index (κ2) is 14.0. The van der Waals surface area contributed by atoms with E-state index in [1.807, 2.05) is 19.1 Å². The third-order valence-electron chi connectivity index (χ3n) is 5.10. The van der Waals surface area contributed by atoms with E-state index in [1.54, 1.807) is 30.8 Å². The van der Waals surface area contributed by atoms with Crippen LogP contribution < -0.4 is 16.0 Å². The summed E-state index contributed by atoms with van der Waals surface area (Å²) < 4.78 is 5.70. The molecule has 2 aromatic rings. The van der Waals surface area contributed by atoms with Gasteiger partial charge in [-0.1, -0.05) is 6.42 Å². The number of piperidine rings is 1. The average Bonchev–Trinajstić information content (AvgIpc) is 3.32. The van der Waals surface area contributed by atoms with Crippen molar-refractivity contribution < 1.29 is 9.21 Å². The third-order valence-corrected chi connectivity index (χ3v) is 5.10. The first-order chi connectivity index (χ1) is 14.8. The average molecular weight is 540 g/mol. The van der Waals surface area contributed by atoms with E-state index in [9.17, 15) is 4.79 Å². The van der Waals surface area contributed by atoms with Crippen molar-refractivity contribution in [1.82, 2.24) is 25.8 Å². The maximum atomic E-state index is 12.1. The smallest absolute Gasteiger partial charge is 0.252 e. The zero-order valence-corrected chi connectivity index (χ0v) is 20.4. The Morgan fingerprint density at radius 3 is 2.65 bits per heavy atom. The maximum absolute atomic E-state index is 12.1. The van der Waals surface area contributed by atoms with Crippen molar-refractivity contribution in [3.05, 3.63) is 54.2 Å². The molecule has 3 rings (SSSR count). The SMILES string of the molecule is CCNC(=NCC(c1ccco1)N1CCCCC1)NCCNC(=O)c1cccnc1.I. The number of likely N-dealkylation sites (tertiary alicyclic amines) is 1. The van der Waals surface area contributed by atoms with Gasteiger partial charge in [-0.15, -0.1) is 24.0 Å². The molecule has 1 atom stereocenters. The second-order valence-corrected chi connectivity index (χ2v) is 7.27. The van der Waals surface area contributed by atoms with Gasteiger partial charge in [0.25, 0.3) is 5.91 Å². The van der Waals surface area contributed by atoms with Gasteiger partial charge in [-0.05, 0) is 57.1 Å². The predicted molar refractivity (Wildman–Crippen MR) is 133 cm³/mol. The molecule has 9 heteroatoms. The van der Waals surface area contributed by atoms with E-state index < -0.39 is 0 Å². The van der Waals surface area contributed by atoms with Crippen LogP contribution in [0.1, 0.15) is 48.3 Å². The fourth-order valence-electron chi connectivity index (χ4n) is 3.57. The van der Waals surface area contributed by atoms with E-state index in [2.05, 4.69) is 25.8 Å². The minimum Gasteiger partial charge on any atom is -0.468 e. The first kappa shape index (κ1) is 25.1. The Labute approximate surface area is 201 Å². The molecule has 170 valence electrons. The van der Waals surface area contributed by atoms with Crippen molar-refractivity contribution in [2.24, 2.45) is 4.99 Å². The molecule has 0 aromatic carbocycles. The Bertz CT molecular complexity index is 779. The van der Waals surface area contributed by atoms with Gasteiger partial charge in [0.15, 0.2) is 5.96 Å². The fourth-order valence-corrected chi connectivity index (χ4v) is 3.57. The molecule has 1 aliphatic heterocycles. The lowest BCUT2D eigenvalue weighted by molar-refractivity contribution is 0.0954. The summed E-state index contributed by atoms with van der Waals surface area (Å²) in [5.74, 6) is 1.57. The number of nitrogens with one attached hydrogen (secondary N) is 3. The number of guanidine groups is 1. The highest BCUT2D eigenvalue weighted by Crippen LogP contribution is 2.25. The molecule has 0 bridgehead atoms. The molecule has 1 unspecified atom stereocenters. The number of pyridine rings is 1. The number of carbonyl (C=O) groups excluding carboxylic acids is 1. The lowest BCUT2D eigenvalue weighted by Crippen LogP contribution is -2.42. The van der Waals surface area contributed by atoms with Gasteiger partial charge in [0.1, 0.15) is 5.76 Å². The maximum Gasteiger partial charge on any atom is 0.252 e. The summed E-state index contributed by atoms with van der Waals surface area (Å²) in [6.07, 6.45) is 8.66.